The van der Waals surface area contributed by atoms with Gasteiger partial charge in [-0.1, -0.05) is 36.4 Å². The Labute approximate surface area is 135 Å². The van der Waals surface area contributed by atoms with Gasteiger partial charge in [-0.2, -0.15) is 0 Å². The molecule has 0 radical (unpaired) electrons. The Morgan fingerprint density at radius 3 is 2.22 bits per heavy atom. The Hall–Kier alpha value is -2.82. The molecule has 5 heteroatoms. The second-order valence-corrected chi connectivity index (χ2v) is 4.87. The molecule has 23 heavy (non-hydrogen) atoms. The molecular weight excluding hydrogens is 296 g/mol. The minimum atomic E-state index is -0.937. The fourth-order valence-electron chi connectivity index (χ4n) is 1.85. The van der Waals surface area contributed by atoms with Crippen molar-refractivity contribution in [3.05, 3.63) is 65.2 Å². The van der Waals surface area contributed by atoms with Crippen molar-refractivity contribution in [1.29, 1.82) is 0 Å². The van der Waals surface area contributed by atoms with E-state index in [1.165, 1.54) is 13.2 Å². The molecule has 0 amide bonds. The molecule has 0 bridgehead atoms. The van der Waals surface area contributed by atoms with Gasteiger partial charge in [-0.05, 0) is 36.6 Å². The van der Waals surface area contributed by atoms with E-state index in [1.54, 1.807) is 12.1 Å². The third-order valence-corrected chi connectivity index (χ3v) is 3.13. The summed E-state index contributed by atoms with van der Waals surface area (Å²) in [6, 6.07) is 14.4. The number of carbonyl (C=O) groups is 2. The minimum absolute atomic E-state index is 0.212. The van der Waals surface area contributed by atoms with Gasteiger partial charge in [0.15, 0.2) is 0 Å². The first-order valence-corrected chi connectivity index (χ1v) is 7.07. The number of aliphatic carboxylic acids is 1. The maximum Gasteiger partial charge on any atom is 0.335 e. The van der Waals surface area contributed by atoms with Gasteiger partial charge in [0.25, 0.3) is 0 Å². The summed E-state index contributed by atoms with van der Waals surface area (Å²) in [5.41, 5.74) is 2.26. The van der Waals surface area contributed by atoms with Crippen molar-refractivity contribution in [2.24, 2.45) is 0 Å². The van der Waals surface area contributed by atoms with E-state index in [4.69, 9.17) is 14.9 Å². The molecule has 0 unspecified atom stereocenters. The summed E-state index contributed by atoms with van der Waals surface area (Å²) in [5, 5.41) is 17.0. The smallest absolute Gasteiger partial charge is 0.335 e. The van der Waals surface area contributed by atoms with Crippen LogP contribution in [-0.2, 0) is 11.2 Å². The van der Waals surface area contributed by atoms with Crippen LogP contribution in [0.1, 0.15) is 27.9 Å². The molecule has 2 N–H and O–H groups in total. The van der Waals surface area contributed by atoms with E-state index in [9.17, 15) is 9.59 Å². The molecule has 2 aromatic rings. The lowest BCUT2D eigenvalue weighted by Crippen LogP contribution is -1.97. The molecule has 0 aliphatic rings. The van der Waals surface area contributed by atoms with Crippen molar-refractivity contribution < 1.29 is 24.5 Å². The van der Waals surface area contributed by atoms with Crippen molar-refractivity contribution in [2.45, 2.75) is 19.8 Å². The van der Waals surface area contributed by atoms with Crippen LogP contribution in [0.25, 0.3) is 0 Å². The highest BCUT2D eigenvalue weighted by molar-refractivity contribution is 5.88. The standard InChI is InChI=1S/C9H10O3.C9H10O2/c1-6-3-4-7(9(10)11)5-8(6)12-2;10-9(11)7-6-8-4-2-1-3-5-8/h3-5H,1-2H3,(H,10,11);1-5H,6-7H2,(H,10,11). The molecule has 0 aliphatic carbocycles. The fourth-order valence-corrected chi connectivity index (χ4v) is 1.85. The molecule has 0 saturated heterocycles. The van der Waals surface area contributed by atoms with Crippen LogP contribution in [0.15, 0.2) is 48.5 Å². The van der Waals surface area contributed by atoms with Crippen LogP contribution in [0.3, 0.4) is 0 Å². The zero-order valence-electron chi connectivity index (χ0n) is 13.2. The topological polar surface area (TPSA) is 83.8 Å². The summed E-state index contributed by atoms with van der Waals surface area (Å²) >= 11 is 0. The van der Waals surface area contributed by atoms with E-state index < -0.39 is 11.9 Å². The first-order chi connectivity index (χ1) is 10.9. The maximum atomic E-state index is 10.5. The second-order valence-electron chi connectivity index (χ2n) is 4.87. The molecule has 5 nitrogen and oxygen atoms in total. The Bertz CT molecular complexity index is 650. The molecule has 0 atom stereocenters. The normalized spacial score (nSPS) is 9.48. The molecule has 0 heterocycles. The number of hydrogen-bond donors (Lipinski definition) is 2. The summed E-state index contributed by atoms with van der Waals surface area (Å²) in [6.07, 6.45) is 0.834. The van der Waals surface area contributed by atoms with Gasteiger partial charge < -0.3 is 14.9 Å². The molecule has 2 rings (SSSR count). The van der Waals surface area contributed by atoms with E-state index >= 15 is 0 Å². The van der Waals surface area contributed by atoms with Gasteiger partial charge >= 0.3 is 11.9 Å². The van der Waals surface area contributed by atoms with Crippen LogP contribution in [0.4, 0.5) is 0 Å². The fraction of sp³-hybridized carbons (Fsp3) is 0.222. The number of benzene rings is 2. The molecule has 0 spiro atoms. The first-order valence-electron chi connectivity index (χ1n) is 7.07. The lowest BCUT2D eigenvalue weighted by Gasteiger charge is -2.04. The molecule has 0 saturated carbocycles. The third kappa shape index (κ3) is 6.65. The van der Waals surface area contributed by atoms with Gasteiger partial charge in [-0.15, -0.1) is 0 Å². The highest BCUT2D eigenvalue weighted by Crippen LogP contribution is 2.18. The molecule has 122 valence electrons. The number of aromatic carboxylic acids is 1. The van der Waals surface area contributed by atoms with Gasteiger partial charge in [0.05, 0.1) is 12.7 Å². The number of hydrogen-bond acceptors (Lipinski definition) is 3. The maximum absolute atomic E-state index is 10.5. The van der Waals surface area contributed by atoms with Crippen LogP contribution in [-0.4, -0.2) is 29.3 Å². The Morgan fingerprint density at radius 1 is 1.04 bits per heavy atom. The average molecular weight is 316 g/mol. The average Bonchev–Trinajstić information content (AvgIpc) is 2.54. The number of carboxylic acids is 2. The van der Waals surface area contributed by atoms with Crippen LogP contribution < -0.4 is 4.74 Å². The van der Waals surface area contributed by atoms with Gasteiger partial charge in [0, 0.05) is 6.42 Å². The SMILES string of the molecule is COc1cc(C(=O)O)ccc1C.O=C(O)CCc1ccccc1. The van der Waals surface area contributed by atoms with Crippen LogP contribution in [0.2, 0.25) is 0 Å². The number of rotatable bonds is 5. The Balaban J connectivity index is 0.000000231. The van der Waals surface area contributed by atoms with E-state index in [0.29, 0.717) is 12.2 Å². The number of ether oxygens (including phenoxy) is 1. The van der Waals surface area contributed by atoms with Crippen LogP contribution >= 0.6 is 0 Å². The zero-order valence-corrected chi connectivity index (χ0v) is 13.2. The largest absolute Gasteiger partial charge is 0.496 e. The van der Waals surface area contributed by atoms with Gasteiger partial charge in [0.2, 0.25) is 0 Å². The summed E-state index contributed by atoms with van der Waals surface area (Å²) in [6.45, 7) is 1.87. The Kier molecular flexibility index (Phi) is 7.33. The van der Waals surface area contributed by atoms with E-state index in [2.05, 4.69) is 0 Å². The number of aryl methyl sites for hydroxylation is 2. The zero-order chi connectivity index (χ0) is 17.2. The van der Waals surface area contributed by atoms with E-state index in [0.717, 1.165) is 11.1 Å². The number of carboxylic acid groups (broad SMARTS) is 2. The van der Waals surface area contributed by atoms with Gasteiger partial charge in [-0.3, -0.25) is 4.79 Å². The van der Waals surface area contributed by atoms with Crippen LogP contribution in [0.5, 0.6) is 5.75 Å². The summed E-state index contributed by atoms with van der Waals surface area (Å²) < 4.78 is 4.97. The van der Waals surface area contributed by atoms with Gasteiger partial charge in [0.1, 0.15) is 5.75 Å². The highest BCUT2D eigenvalue weighted by atomic mass is 16.5. The quantitative estimate of drug-likeness (QED) is 0.883. The monoisotopic (exact) mass is 316 g/mol. The van der Waals surface area contributed by atoms with E-state index in [-0.39, 0.29) is 12.0 Å². The highest BCUT2D eigenvalue weighted by Gasteiger charge is 2.05. The molecular formula is C18H20O5. The van der Waals surface area contributed by atoms with Crippen molar-refractivity contribution in [2.75, 3.05) is 7.11 Å². The van der Waals surface area contributed by atoms with Crippen molar-refractivity contribution in [3.8, 4) is 5.75 Å². The van der Waals surface area contributed by atoms with Gasteiger partial charge in [-0.25, -0.2) is 4.79 Å². The predicted molar refractivity (Wildman–Crippen MR) is 87.1 cm³/mol. The first kappa shape index (κ1) is 18.2. The summed E-state index contributed by atoms with van der Waals surface area (Å²) in [7, 11) is 1.52. The molecule has 0 aliphatic heterocycles. The molecule has 2 aromatic carbocycles. The van der Waals surface area contributed by atoms with Crippen LogP contribution in [0, 0.1) is 6.92 Å². The molecule has 0 fully saturated rings. The third-order valence-electron chi connectivity index (χ3n) is 3.13. The minimum Gasteiger partial charge on any atom is -0.496 e. The molecule has 0 aromatic heterocycles. The van der Waals surface area contributed by atoms with E-state index in [1.807, 2.05) is 37.3 Å². The lowest BCUT2D eigenvalue weighted by atomic mass is 10.1. The number of methoxy groups -OCH3 is 1. The predicted octanol–water partition coefficient (Wildman–Crippen LogP) is 3.41. The van der Waals surface area contributed by atoms with Crippen molar-refractivity contribution in [3.63, 3.8) is 0 Å². The second kappa shape index (κ2) is 9.25. The summed E-state index contributed by atoms with van der Waals surface area (Å²) in [4.78, 5) is 20.7. The van der Waals surface area contributed by atoms with Crippen molar-refractivity contribution >= 4 is 11.9 Å². The Morgan fingerprint density at radius 2 is 1.70 bits per heavy atom. The summed E-state index contributed by atoms with van der Waals surface area (Å²) in [5.74, 6) is -1.07. The lowest BCUT2D eigenvalue weighted by molar-refractivity contribution is -0.136. The van der Waals surface area contributed by atoms with Crippen molar-refractivity contribution in [1.82, 2.24) is 0 Å².